The Bertz CT molecular complexity index is 594. The lowest BCUT2D eigenvalue weighted by molar-refractivity contribution is 0.112. The first-order chi connectivity index (χ1) is 9.22. The predicted molar refractivity (Wildman–Crippen MR) is 71.6 cm³/mol. The summed E-state index contributed by atoms with van der Waals surface area (Å²) >= 11 is 0. The molecule has 0 spiro atoms. The largest absolute Gasteiger partial charge is 0.457 e. The average Bonchev–Trinajstić information content (AvgIpc) is 2.43. The molecule has 2 aromatic carbocycles. The number of nitrogens with zero attached hydrogens (tertiary/aromatic N) is 1. The lowest BCUT2D eigenvalue weighted by Crippen LogP contribution is -1.93. The molecule has 0 unspecified atom stereocenters. The van der Waals surface area contributed by atoms with Crippen molar-refractivity contribution in [2.75, 3.05) is 0 Å². The maximum absolute atomic E-state index is 12.8. The maximum atomic E-state index is 12.8. The second-order valence-electron chi connectivity index (χ2n) is 3.93. The number of benzene rings is 2. The van der Waals surface area contributed by atoms with E-state index in [0.29, 0.717) is 29.9 Å². The summed E-state index contributed by atoms with van der Waals surface area (Å²) < 4.78 is 18.3. The zero-order valence-corrected chi connectivity index (χ0v) is 10.2. The zero-order chi connectivity index (χ0) is 13.7. The third kappa shape index (κ3) is 3.25. The second kappa shape index (κ2) is 5.91. The summed E-state index contributed by atoms with van der Waals surface area (Å²) in [7, 11) is 0. The highest BCUT2D eigenvalue weighted by atomic mass is 19.1. The van der Waals surface area contributed by atoms with Gasteiger partial charge in [-0.2, -0.15) is 0 Å². The van der Waals surface area contributed by atoms with E-state index >= 15 is 0 Å². The Morgan fingerprint density at radius 1 is 1.21 bits per heavy atom. The Balaban J connectivity index is 2.26. The van der Waals surface area contributed by atoms with Crippen LogP contribution >= 0.6 is 0 Å². The van der Waals surface area contributed by atoms with E-state index in [1.54, 1.807) is 18.2 Å². The van der Waals surface area contributed by atoms with Crippen molar-refractivity contribution in [1.29, 1.82) is 0 Å². The molecule has 0 aliphatic rings. The molecule has 0 radical (unpaired) electrons. The van der Waals surface area contributed by atoms with E-state index in [2.05, 4.69) is 11.7 Å². The summed E-state index contributed by atoms with van der Waals surface area (Å²) in [5, 5.41) is 0. The molecule has 2 rings (SSSR count). The van der Waals surface area contributed by atoms with Crippen LogP contribution in [0.4, 0.5) is 4.39 Å². The lowest BCUT2D eigenvalue weighted by Gasteiger charge is -2.09. The van der Waals surface area contributed by atoms with E-state index in [0.717, 1.165) is 5.56 Å². The van der Waals surface area contributed by atoms with Crippen LogP contribution in [-0.2, 0) is 6.54 Å². The molecule has 0 N–H and O–H groups in total. The fourth-order valence-corrected chi connectivity index (χ4v) is 1.64. The third-order valence-electron chi connectivity index (χ3n) is 2.54. The standard InChI is InChI=1S/C15H12FNO2/c1-17-9-11-2-7-15(12(8-11)10-18)19-14-5-3-13(16)4-6-14/h2-8,10H,1,9H2. The molecule has 0 aliphatic carbocycles. The van der Waals surface area contributed by atoms with Crippen molar-refractivity contribution in [3.63, 3.8) is 0 Å². The van der Waals surface area contributed by atoms with Crippen molar-refractivity contribution in [2.24, 2.45) is 4.99 Å². The Morgan fingerprint density at radius 3 is 2.58 bits per heavy atom. The van der Waals surface area contributed by atoms with E-state index < -0.39 is 0 Å². The van der Waals surface area contributed by atoms with E-state index in [1.165, 1.54) is 24.3 Å². The topological polar surface area (TPSA) is 38.7 Å². The monoisotopic (exact) mass is 257 g/mol. The summed E-state index contributed by atoms with van der Waals surface area (Å²) in [6, 6.07) is 10.8. The Morgan fingerprint density at radius 2 is 1.95 bits per heavy atom. The zero-order valence-electron chi connectivity index (χ0n) is 10.2. The minimum Gasteiger partial charge on any atom is -0.457 e. The summed E-state index contributed by atoms with van der Waals surface area (Å²) in [5.74, 6) is 0.559. The van der Waals surface area contributed by atoms with Gasteiger partial charge in [-0.3, -0.25) is 9.79 Å². The van der Waals surface area contributed by atoms with Crippen LogP contribution in [-0.4, -0.2) is 13.0 Å². The number of aldehydes is 1. The van der Waals surface area contributed by atoms with Gasteiger partial charge in [-0.15, -0.1) is 0 Å². The molecule has 2 aromatic rings. The van der Waals surface area contributed by atoms with E-state index in [4.69, 9.17) is 4.74 Å². The van der Waals surface area contributed by atoms with Gasteiger partial charge >= 0.3 is 0 Å². The van der Waals surface area contributed by atoms with E-state index in [9.17, 15) is 9.18 Å². The van der Waals surface area contributed by atoms with E-state index in [1.807, 2.05) is 0 Å². The number of hydrogen-bond donors (Lipinski definition) is 0. The molecular formula is C15H12FNO2. The molecule has 0 saturated heterocycles. The summed E-state index contributed by atoms with van der Waals surface area (Å²) in [6.07, 6.45) is 0.714. The summed E-state index contributed by atoms with van der Waals surface area (Å²) in [4.78, 5) is 14.8. The highest BCUT2D eigenvalue weighted by Crippen LogP contribution is 2.25. The van der Waals surface area contributed by atoms with Crippen LogP contribution in [0.1, 0.15) is 15.9 Å². The highest BCUT2D eigenvalue weighted by molar-refractivity contribution is 5.79. The Kier molecular flexibility index (Phi) is 4.03. The first-order valence-corrected chi connectivity index (χ1v) is 5.67. The second-order valence-corrected chi connectivity index (χ2v) is 3.93. The molecular weight excluding hydrogens is 245 g/mol. The summed E-state index contributed by atoms with van der Waals surface area (Å²) in [5.41, 5.74) is 1.30. The minimum atomic E-state index is -0.338. The molecule has 0 atom stereocenters. The normalized spacial score (nSPS) is 9.95. The van der Waals surface area contributed by atoms with Gasteiger partial charge in [0.05, 0.1) is 12.1 Å². The molecule has 0 bridgehead atoms. The number of rotatable bonds is 5. The van der Waals surface area contributed by atoms with Crippen LogP contribution in [0, 0.1) is 5.82 Å². The SMILES string of the molecule is C=NCc1ccc(Oc2ccc(F)cc2)c(C=O)c1. The highest BCUT2D eigenvalue weighted by Gasteiger charge is 2.06. The maximum Gasteiger partial charge on any atom is 0.153 e. The van der Waals surface area contributed by atoms with Crippen LogP contribution in [0.15, 0.2) is 47.5 Å². The van der Waals surface area contributed by atoms with Gasteiger partial charge in [0, 0.05) is 0 Å². The lowest BCUT2D eigenvalue weighted by atomic mass is 10.1. The van der Waals surface area contributed by atoms with Gasteiger partial charge in [0.2, 0.25) is 0 Å². The fraction of sp³-hybridized carbons (Fsp3) is 0.0667. The Hall–Kier alpha value is -2.49. The van der Waals surface area contributed by atoms with Crippen molar-refractivity contribution < 1.29 is 13.9 Å². The van der Waals surface area contributed by atoms with Crippen molar-refractivity contribution in [3.05, 3.63) is 59.4 Å². The van der Waals surface area contributed by atoms with Crippen molar-refractivity contribution in [2.45, 2.75) is 6.54 Å². The van der Waals surface area contributed by atoms with Crippen LogP contribution in [0.25, 0.3) is 0 Å². The first-order valence-electron chi connectivity index (χ1n) is 5.67. The summed E-state index contributed by atoms with van der Waals surface area (Å²) in [6.45, 7) is 3.85. The number of carbonyl (C=O) groups excluding carboxylic acids is 1. The van der Waals surface area contributed by atoms with Gasteiger partial charge in [0.1, 0.15) is 17.3 Å². The third-order valence-corrected chi connectivity index (χ3v) is 2.54. The van der Waals surface area contributed by atoms with Crippen molar-refractivity contribution in [1.82, 2.24) is 0 Å². The number of halogens is 1. The van der Waals surface area contributed by atoms with Crippen LogP contribution in [0.2, 0.25) is 0 Å². The van der Waals surface area contributed by atoms with Crippen molar-refractivity contribution in [3.8, 4) is 11.5 Å². The molecule has 0 amide bonds. The molecule has 3 nitrogen and oxygen atoms in total. The van der Waals surface area contributed by atoms with Gasteiger partial charge in [0.15, 0.2) is 6.29 Å². The van der Waals surface area contributed by atoms with Crippen LogP contribution in [0.3, 0.4) is 0 Å². The first kappa shape index (κ1) is 13.0. The molecule has 19 heavy (non-hydrogen) atoms. The number of hydrogen-bond acceptors (Lipinski definition) is 3. The van der Waals surface area contributed by atoms with Gasteiger partial charge in [-0.05, 0) is 48.7 Å². The molecule has 0 aliphatic heterocycles. The van der Waals surface area contributed by atoms with Gasteiger partial charge < -0.3 is 4.74 Å². The molecule has 0 fully saturated rings. The van der Waals surface area contributed by atoms with Crippen molar-refractivity contribution >= 4 is 13.0 Å². The average molecular weight is 257 g/mol. The van der Waals surface area contributed by atoms with Gasteiger partial charge in [-0.1, -0.05) is 6.07 Å². The predicted octanol–water partition coefficient (Wildman–Crippen LogP) is 3.63. The number of ether oxygens (including phenoxy) is 1. The van der Waals surface area contributed by atoms with Gasteiger partial charge in [0.25, 0.3) is 0 Å². The van der Waals surface area contributed by atoms with E-state index in [-0.39, 0.29) is 5.82 Å². The minimum absolute atomic E-state index is 0.338. The Labute approximate surface area is 110 Å². The quantitative estimate of drug-likeness (QED) is 0.606. The number of aliphatic imine (C=N–C) groups is 1. The molecule has 0 heterocycles. The fourth-order valence-electron chi connectivity index (χ4n) is 1.64. The molecule has 96 valence electrons. The molecule has 0 aromatic heterocycles. The van der Waals surface area contributed by atoms with Gasteiger partial charge in [-0.25, -0.2) is 4.39 Å². The van der Waals surface area contributed by atoms with Crippen LogP contribution in [0.5, 0.6) is 11.5 Å². The number of carbonyl (C=O) groups is 1. The smallest absolute Gasteiger partial charge is 0.153 e. The molecule has 0 saturated carbocycles. The molecule has 4 heteroatoms. The van der Waals surface area contributed by atoms with Crippen LogP contribution < -0.4 is 4.74 Å².